The zero-order valence-corrected chi connectivity index (χ0v) is 12.0. The van der Waals surface area contributed by atoms with Crippen molar-refractivity contribution in [1.82, 2.24) is 0 Å². The quantitative estimate of drug-likeness (QED) is 0.789. The molecule has 0 radical (unpaired) electrons. The number of aromatic hydroxyl groups is 2. The molecule has 1 aromatic heterocycles. The molecule has 2 aromatic rings. The van der Waals surface area contributed by atoms with E-state index in [1.165, 1.54) is 12.1 Å². The van der Waals surface area contributed by atoms with E-state index >= 15 is 0 Å². The number of rotatable bonds is 1. The molecule has 0 saturated heterocycles. The van der Waals surface area contributed by atoms with E-state index in [1.807, 2.05) is 20.8 Å². The van der Waals surface area contributed by atoms with Gasteiger partial charge in [-0.3, -0.25) is 0 Å². The van der Waals surface area contributed by atoms with Crippen LogP contribution in [0.5, 0.6) is 17.2 Å². The number of fused-ring (bicyclic) bond motifs is 1. The molecule has 0 bridgehead atoms. The van der Waals surface area contributed by atoms with Gasteiger partial charge in [0.2, 0.25) is 0 Å². The molecule has 2 N–H and O–H groups in total. The molecule has 0 aliphatic carbocycles. The average molecular weight is 288 g/mol. The van der Waals surface area contributed by atoms with Crippen LogP contribution in [0.2, 0.25) is 0 Å². The summed E-state index contributed by atoms with van der Waals surface area (Å²) in [6, 6.07) is 5.88. The fourth-order valence-electron chi connectivity index (χ4n) is 2.51. The molecule has 21 heavy (non-hydrogen) atoms. The minimum atomic E-state index is -0.440. The van der Waals surface area contributed by atoms with Crippen LogP contribution in [-0.2, 0) is 5.41 Å². The molecule has 0 saturated carbocycles. The lowest BCUT2D eigenvalue weighted by atomic mass is 9.83. The van der Waals surface area contributed by atoms with Gasteiger partial charge in [-0.25, -0.2) is 4.79 Å². The third-order valence-electron chi connectivity index (χ3n) is 4.14. The van der Waals surface area contributed by atoms with Crippen LogP contribution in [-0.4, -0.2) is 16.3 Å². The highest BCUT2D eigenvalue weighted by molar-refractivity contribution is 5.64. The van der Waals surface area contributed by atoms with Crippen LogP contribution < -0.4 is 10.4 Å². The van der Waals surface area contributed by atoms with E-state index in [-0.39, 0.29) is 17.6 Å². The van der Waals surface area contributed by atoms with Gasteiger partial charge in [0.15, 0.2) is 11.5 Å². The Kier molecular flexibility index (Phi) is 2.76. The van der Waals surface area contributed by atoms with Crippen LogP contribution >= 0.6 is 0 Å². The summed E-state index contributed by atoms with van der Waals surface area (Å²) in [4.78, 5) is 12.3. The van der Waals surface area contributed by atoms with Crippen molar-refractivity contribution in [2.45, 2.75) is 32.3 Å². The van der Waals surface area contributed by atoms with Gasteiger partial charge >= 0.3 is 5.63 Å². The molecule has 1 aromatic carbocycles. The molecule has 5 heteroatoms. The summed E-state index contributed by atoms with van der Waals surface area (Å²) in [6.45, 7) is 5.78. The molecule has 2 heterocycles. The maximum absolute atomic E-state index is 12.3. The molecule has 1 aliphatic heterocycles. The molecule has 5 nitrogen and oxygen atoms in total. The van der Waals surface area contributed by atoms with E-state index in [0.29, 0.717) is 22.6 Å². The van der Waals surface area contributed by atoms with Crippen LogP contribution in [0.3, 0.4) is 0 Å². The van der Waals surface area contributed by atoms with Gasteiger partial charge in [0.25, 0.3) is 0 Å². The summed E-state index contributed by atoms with van der Waals surface area (Å²) >= 11 is 0. The first-order valence-corrected chi connectivity index (χ1v) is 6.68. The van der Waals surface area contributed by atoms with E-state index in [9.17, 15) is 15.0 Å². The first-order chi connectivity index (χ1) is 9.80. The van der Waals surface area contributed by atoms with Gasteiger partial charge in [-0.15, -0.1) is 0 Å². The van der Waals surface area contributed by atoms with Gasteiger partial charge in [-0.2, -0.15) is 0 Å². The third kappa shape index (κ3) is 1.96. The lowest BCUT2D eigenvalue weighted by Gasteiger charge is -2.20. The van der Waals surface area contributed by atoms with E-state index in [1.54, 1.807) is 12.1 Å². The van der Waals surface area contributed by atoms with Crippen molar-refractivity contribution in [3.8, 4) is 28.6 Å². The van der Waals surface area contributed by atoms with E-state index in [4.69, 9.17) is 9.15 Å². The second-order valence-corrected chi connectivity index (χ2v) is 5.82. The maximum Gasteiger partial charge on any atom is 0.343 e. The summed E-state index contributed by atoms with van der Waals surface area (Å²) in [6.07, 6.45) is -0.126. The smallest absolute Gasteiger partial charge is 0.343 e. The summed E-state index contributed by atoms with van der Waals surface area (Å²) in [5.41, 5.74) is 0.170. The fraction of sp³-hybridized carbons (Fsp3) is 0.312. The van der Waals surface area contributed by atoms with E-state index in [2.05, 4.69) is 0 Å². The second kappa shape index (κ2) is 4.28. The van der Waals surface area contributed by atoms with Crippen LogP contribution in [0.15, 0.2) is 33.5 Å². The normalized spacial score (nSPS) is 19.1. The van der Waals surface area contributed by atoms with Gasteiger partial charge in [-0.1, -0.05) is 13.8 Å². The molecule has 1 aliphatic rings. The number of ether oxygens (including phenoxy) is 1. The lowest BCUT2D eigenvalue weighted by Crippen LogP contribution is -2.32. The number of hydrogen-bond acceptors (Lipinski definition) is 5. The molecule has 0 unspecified atom stereocenters. The van der Waals surface area contributed by atoms with Gasteiger partial charge in [0.1, 0.15) is 17.6 Å². The fourth-order valence-corrected chi connectivity index (χ4v) is 2.51. The Morgan fingerprint density at radius 3 is 2.52 bits per heavy atom. The molecule has 0 spiro atoms. The third-order valence-corrected chi connectivity index (χ3v) is 4.14. The Balaban J connectivity index is 2.17. The van der Waals surface area contributed by atoms with Crippen molar-refractivity contribution in [2.24, 2.45) is 0 Å². The predicted octanol–water partition coefficient (Wildman–Crippen LogP) is 2.78. The highest BCUT2D eigenvalue weighted by Crippen LogP contribution is 2.42. The maximum atomic E-state index is 12.3. The Bertz CT molecular complexity index is 773. The van der Waals surface area contributed by atoms with Crippen molar-refractivity contribution in [1.29, 1.82) is 0 Å². The molecular weight excluding hydrogens is 272 g/mol. The highest BCUT2D eigenvalue weighted by Gasteiger charge is 2.42. The van der Waals surface area contributed by atoms with E-state index in [0.717, 1.165) is 0 Å². The SMILES string of the molecule is C[C@@H]1Oc2cc(-c3ccc(O)c(O)c3)oc(=O)c2C1(C)C. The van der Waals surface area contributed by atoms with E-state index < -0.39 is 11.0 Å². The zero-order chi connectivity index (χ0) is 15.4. The zero-order valence-electron chi connectivity index (χ0n) is 12.0. The van der Waals surface area contributed by atoms with Crippen molar-refractivity contribution in [3.63, 3.8) is 0 Å². The number of hydrogen-bond donors (Lipinski definition) is 2. The Hall–Kier alpha value is -2.43. The molecular formula is C16H16O5. The summed E-state index contributed by atoms with van der Waals surface area (Å²) in [7, 11) is 0. The second-order valence-electron chi connectivity index (χ2n) is 5.82. The Morgan fingerprint density at radius 1 is 1.14 bits per heavy atom. The topological polar surface area (TPSA) is 79.9 Å². The highest BCUT2D eigenvalue weighted by atomic mass is 16.5. The lowest BCUT2D eigenvalue weighted by molar-refractivity contribution is 0.185. The van der Waals surface area contributed by atoms with Gasteiger partial charge in [-0.05, 0) is 25.1 Å². The molecule has 0 amide bonds. The number of phenolic OH excluding ortho intramolecular Hbond substituents is 2. The predicted molar refractivity (Wildman–Crippen MR) is 76.9 cm³/mol. The first kappa shape index (κ1) is 13.5. The summed E-state index contributed by atoms with van der Waals surface area (Å²) in [5.74, 6) is 0.295. The Morgan fingerprint density at radius 2 is 1.86 bits per heavy atom. The van der Waals surface area contributed by atoms with Gasteiger partial charge in [0, 0.05) is 17.0 Å². The van der Waals surface area contributed by atoms with Crippen molar-refractivity contribution < 1.29 is 19.4 Å². The Labute approximate surface area is 121 Å². The largest absolute Gasteiger partial charge is 0.504 e. The molecule has 3 rings (SSSR count). The summed E-state index contributed by atoms with van der Waals surface area (Å²) < 4.78 is 11.1. The van der Waals surface area contributed by atoms with Crippen LogP contribution in [0.25, 0.3) is 11.3 Å². The van der Waals surface area contributed by atoms with Crippen LogP contribution in [0, 0.1) is 0 Å². The van der Waals surface area contributed by atoms with Crippen LogP contribution in [0.1, 0.15) is 26.3 Å². The van der Waals surface area contributed by atoms with Crippen molar-refractivity contribution in [3.05, 3.63) is 40.2 Å². The standard InChI is InChI=1S/C16H16O5/c1-8-16(2,3)14-13(20-8)7-12(21-15(14)19)9-4-5-10(17)11(18)6-9/h4-8,17-18H,1-3H3/t8-/m0/s1. The minimum Gasteiger partial charge on any atom is -0.504 e. The molecule has 1 atom stereocenters. The minimum absolute atomic E-state index is 0.126. The number of benzene rings is 1. The first-order valence-electron chi connectivity index (χ1n) is 6.68. The van der Waals surface area contributed by atoms with Crippen molar-refractivity contribution in [2.75, 3.05) is 0 Å². The number of phenols is 2. The summed E-state index contributed by atoms with van der Waals surface area (Å²) in [5, 5.41) is 18.9. The van der Waals surface area contributed by atoms with Gasteiger partial charge in [0.05, 0.1) is 5.56 Å². The van der Waals surface area contributed by atoms with Crippen LogP contribution in [0.4, 0.5) is 0 Å². The molecule has 110 valence electrons. The average Bonchev–Trinajstić information content (AvgIpc) is 2.63. The van der Waals surface area contributed by atoms with Crippen molar-refractivity contribution >= 4 is 0 Å². The van der Waals surface area contributed by atoms with Gasteiger partial charge < -0.3 is 19.4 Å². The monoisotopic (exact) mass is 288 g/mol. The molecule has 0 fully saturated rings.